The normalized spacial score (nSPS) is 13.7. The van der Waals surface area contributed by atoms with Gasteiger partial charge in [-0.1, -0.05) is 82.7 Å². The van der Waals surface area contributed by atoms with Crippen LogP contribution in [-0.2, 0) is 6.42 Å². The Hall–Kier alpha value is -1.57. The number of benzene rings is 1. The summed E-state index contributed by atoms with van der Waals surface area (Å²) in [6, 6.07) is 11.7. The summed E-state index contributed by atoms with van der Waals surface area (Å²) in [7, 11) is 0. The fourth-order valence-electron chi connectivity index (χ4n) is 3.91. The first-order valence-electron chi connectivity index (χ1n) is 10.4. The summed E-state index contributed by atoms with van der Waals surface area (Å²) in [6.07, 6.45) is 19.7. The molecule has 1 N–H and O–H groups in total. The highest BCUT2D eigenvalue weighted by Crippen LogP contribution is 2.28. The molecule has 1 heterocycles. The highest BCUT2D eigenvalue weighted by Gasteiger charge is 2.26. The minimum Gasteiger partial charge on any atom is -0.250 e. The Labute approximate surface area is 154 Å². The second kappa shape index (κ2) is 11.9. The van der Waals surface area contributed by atoms with Crippen molar-refractivity contribution < 1.29 is 4.57 Å². The molecule has 0 radical (unpaired) electrons. The van der Waals surface area contributed by atoms with Gasteiger partial charge in [0.05, 0.1) is 0 Å². The average Bonchev–Trinajstić information content (AvgIpc) is 3.17. The predicted molar refractivity (Wildman–Crippen MR) is 107 cm³/mol. The molecule has 0 saturated carbocycles. The smallest absolute Gasteiger partial charge is 0.241 e. The first kappa shape index (κ1) is 19.8. The van der Waals surface area contributed by atoms with Crippen molar-refractivity contribution >= 4 is 0 Å². The Morgan fingerprint density at radius 3 is 2.32 bits per heavy atom. The zero-order valence-corrected chi connectivity index (χ0v) is 16.3. The summed E-state index contributed by atoms with van der Waals surface area (Å²) in [5, 5.41) is 0. The van der Waals surface area contributed by atoms with Crippen molar-refractivity contribution in [2.45, 2.75) is 84.1 Å². The van der Waals surface area contributed by atoms with Crippen LogP contribution in [0.1, 0.15) is 83.2 Å². The summed E-state index contributed by atoms with van der Waals surface area (Å²) in [4.78, 5) is 3.25. The monoisotopic (exact) mass is 341 g/mol. The van der Waals surface area contributed by atoms with E-state index in [9.17, 15) is 0 Å². The zero-order valence-electron chi connectivity index (χ0n) is 16.3. The second-order valence-electron chi connectivity index (χ2n) is 7.42. The minimum atomic E-state index is 0.609. The maximum Gasteiger partial charge on any atom is 0.241 e. The zero-order chi connectivity index (χ0) is 17.7. The van der Waals surface area contributed by atoms with Gasteiger partial charge in [0.25, 0.3) is 0 Å². The molecule has 1 aromatic carbocycles. The second-order valence-corrected chi connectivity index (χ2v) is 7.42. The van der Waals surface area contributed by atoms with E-state index in [1.807, 2.05) is 0 Å². The Morgan fingerprint density at radius 2 is 1.64 bits per heavy atom. The van der Waals surface area contributed by atoms with Gasteiger partial charge in [-0.25, -0.2) is 4.57 Å². The van der Waals surface area contributed by atoms with Gasteiger partial charge in [-0.2, -0.15) is 0 Å². The average molecular weight is 342 g/mol. The van der Waals surface area contributed by atoms with Gasteiger partial charge in [-0.15, -0.1) is 0 Å². The number of imidazole rings is 1. The Morgan fingerprint density at radius 1 is 0.880 bits per heavy atom. The van der Waals surface area contributed by atoms with E-state index >= 15 is 0 Å². The van der Waals surface area contributed by atoms with Crippen LogP contribution >= 0.6 is 0 Å². The van der Waals surface area contributed by atoms with Crippen molar-refractivity contribution in [3.05, 3.63) is 54.6 Å². The molecule has 1 aromatic heterocycles. The van der Waals surface area contributed by atoms with Crippen LogP contribution in [0.15, 0.2) is 49.1 Å². The summed E-state index contributed by atoms with van der Waals surface area (Å²) < 4.78 is 2.43. The molecule has 2 unspecified atom stereocenters. The molecule has 0 amide bonds. The van der Waals surface area contributed by atoms with E-state index in [4.69, 9.17) is 0 Å². The summed E-state index contributed by atoms with van der Waals surface area (Å²) in [5.74, 6) is 0.719. The number of aromatic amines is 1. The van der Waals surface area contributed by atoms with Gasteiger partial charge < -0.3 is 0 Å². The van der Waals surface area contributed by atoms with Crippen molar-refractivity contribution in [3.63, 3.8) is 0 Å². The molecule has 138 valence electrons. The van der Waals surface area contributed by atoms with Crippen LogP contribution in [0, 0.1) is 5.92 Å². The Bertz CT molecular complexity index is 532. The van der Waals surface area contributed by atoms with E-state index in [0.29, 0.717) is 6.04 Å². The lowest BCUT2D eigenvalue weighted by molar-refractivity contribution is -0.730. The maximum absolute atomic E-state index is 3.25. The van der Waals surface area contributed by atoms with Crippen LogP contribution in [0.4, 0.5) is 0 Å². The van der Waals surface area contributed by atoms with Crippen LogP contribution in [0.3, 0.4) is 0 Å². The van der Waals surface area contributed by atoms with Crippen LogP contribution in [0.25, 0.3) is 0 Å². The number of unbranched alkanes of at least 4 members (excludes halogenated alkanes) is 5. The van der Waals surface area contributed by atoms with Gasteiger partial charge in [-0.05, 0) is 31.2 Å². The van der Waals surface area contributed by atoms with E-state index < -0.39 is 0 Å². The van der Waals surface area contributed by atoms with E-state index in [0.717, 1.165) is 5.92 Å². The third kappa shape index (κ3) is 7.05. The van der Waals surface area contributed by atoms with Crippen LogP contribution in [0.5, 0.6) is 0 Å². The van der Waals surface area contributed by atoms with Crippen molar-refractivity contribution in [2.75, 3.05) is 0 Å². The molecule has 2 atom stereocenters. The van der Waals surface area contributed by atoms with Gasteiger partial charge in [-0.3, -0.25) is 4.98 Å². The fraction of sp³-hybridized carbons (Fsp3) is 0.609. The van der Waals surface area contributed by atoms with E-state index in [-0.39, 0.29) is 0 Å². The molecule has 2 nitrogen and oxygen atoms in total. The third-order valence-electron chi connectivity index (χ3n) is 5.37. The van der Waals surface area contributed by atoms with E-state index in [1.165, 1.54) is 69.8 Å². The molecule has 0 saturated heterocycles. The van der Waals surface area contributed by atoms with Gasteiger partial charge in [0.1, 0.15) is 18.4 Å². The molecule has 0 fully saturated rings. The van der Waals surface area contributed by atoms with Crippen LogP contribution < -0.4 is 4.57 Å². The number of rotatable bonds is 13. The van der Waals surface area contributed by atoms with Crippen molar-refractivity contribution in [1.82, 2.24) is 4.98 Å². The topological polar surface area (TPSA) is 19.7 Å². The summed E-state index contributed by atoms with van der Waals surface area (Å²) in [5.41, 5.74) is 1.48. The molecule has 0 spiro atoms. The molecular weight excluding hydrogens is 304 g/mol. The van der Waals surface area contributed by atoms with Gasteiger partial charge in [0, 0.05) is 5.92 Å². The van der Waals surface area contributed by atoms with Crippen LogP contribution in [-0.4, -0.2) is 4.98 Å². The van der Waals surface area contributed by atoms with Gasteiger partial charge in [0.2, 0.25) is 6.33 Å². The molecule has 2 rings (SSSR count). The highest BCUT2D eigenvalue weighted by molar-refractivity contribution is 5.15. The molecule has 25 heavy (non-hydrogen) atoms. The quantitative estimate of drug-likeness (QED) is 0.328. The van der Waals surface area contributed by atoms with Crippen molar-refractivity contribution in [3.8, 4) is 0 Å². The fourth-order valence-corrected chi connectivity index (χ4v) is 3.91. The number of nitrogens with zero attached hydrogens (tertiary/aromatic N) is 1. The number of hydrogen-bond donors (Lipinski definition) is 1. The third-order valence-corrected chi connectivity index (χ3v) is 5.37. The molecule has 0 bridgehead atoms. The number of H-pyrrole nitrogens is 1. The van der Waals surface area contributed by atoms with E-state index in [1.54, 1.807) is 0 Å². The first-order valence-corrected chi connectivity index (χ1v) is 10.4. The molecule has 0 aliphatic heterocycles. The Balaban J connectivity index is 2.06. The number of nitrogens with one attached hydrogen (secondary N) is 1. The Kier molecular flexibility index (Phi) is 9.40. The molecule has 0 aliphatic rings. The summed E-state index contributed by atoms with van der Waals surface area (Å²) in [6.45, 7) is 4.59. The predicted octanol–water partition coefficient (Wildman–Crippen LogP) is 6.25. The molecular formula is C23H37N2+. The first-order chi connectivity index (χ1) is 12.3. The molecule has 2 heteroatoms. The highest BCUT2D eigenvalue weighted by atomic mass is 15.1. The number of aromatic nitrogens is 2. The largest absolute Gasteiger partial charge is 0.250 e. The van der Waals surface area contributed by atoms with Crippen molar-refractivity contribution in [2.24, 2.45) is 5.92 Å². The minimum absolute atomic E-state index is 0.609. The summed E-state index contributed by atoms with van der Waals surface area (Å²) >= 11 is 0. The SMILES string of the molecule is CCCCCCCC(Cc1ccccc1)C(CCCC)[n+]1cc[nH]c1. The molecule has 0 aliphatic carbocycles. The maximum atomic E-state index is 3.25. The van der Waals surface area contributed by atoms with E-state index in [2.05, 4.69) is 72.5 Å². The van der Waals surface area contributed by atoms with Crippen LogP contribution in [0.2, 0.25) is 0 Å². The lowest BCUT2D eigenvalue weighted by atomic mass is 9.85. The lowest BCUT2D eigenvalue weighted by Gasteiger charge is -2.25. The number of hydrogen-bond acceptors (Lipinski definition) is 0. The molecule has 2 aromatic rings. The van der Waals surface area contributed by atoms with Crippen molar-refractivity contribution in [1.29, 1.82) is 0 Å². The van der Waals surface area contributed by atoms with Gasteiger partial charge >= 0.3 is 0 Å². The lowest BCUT2D eigenvalue weighted by Crippen LogP contribution is -2.42. The van der Waals surface area contributed by atoms with Gasteiger partial charge in [0.15, 0.2) is 0 Å². The standard InChI is InChI=1S/C23H36N2/c1-3-5-7-8-12-15-22(19-21-13-10-9-11-14-21)23(16-6-4-2)25-18-17-24-20-25/h9-11,13-14,17-18,20,22-23H,3-8,12,15-16,19H2,1-2H3/p+1.